The van der Waals surface area contributed by atoms with Gasteiger partial charge in [-0.25, -0.2) is 14.6 Å². The third kappa shape index (κ3) is 3.84. The van der Waals surface area contributed by atoms with Crippen molar-refractivity contribution < 1.29 is 17.9 Å². The van der Waals surface area contributed by atoms with Crippen molar-refractivity contribution in [3.8, 4) is 28.7 Å². The van der Waals surface area contributed by atoms with Gasteiger partial charge in [-0.3, -0.25) is 14.0 Å². The fraction of sp³-hybridized carbons (Fsp3) is 0.409. The smallest absolute Gasteiger partial charge is 0.346 e. The van der Waals surface area contributed by atoms with E-state index in [9.17, 15) is 18.4 Å². The molecule has 180 valence electrons. The molecule has 2 atom stereocenters. The van der Waals surface area contributed by atoms with Gasteiger partial charge in [0.05, 0.1) is 42.7 Å². The van der Waals surface area contributed by atoms with Crippen LogP contribution >= 0.6 is 0 Å². The van der Waals surface area contributed by atoms with Crippen LogP contribution in [0.15, 0.2) is 43.2 Å². The zero-order chi connectivity index (χ0) is 24.4. The second kappa shape index (κ2) is 7.62. The van der Waals surface area contributed by atoms with Crippen LogP contribution in [0.25, 0.3) is 28.3 Å². The molecule has 2 aliphatic heterocycles. The number of hydrogen-bond donors (Lipinski definition) is 0. The first kappa shape index (κ1) is 21.8. The lowest BCUT2D eigenvalue weighted by molar-refractivity contribution is -0.167. The van der Waals surface area contributed by atoms with Crippen LogP contribution in [0.2, 0.25) is 0 Å². The number of nitriles is 1. The van der Waals surface area contributed by atoms with Gasteiger partial charge in [-0.1, -0.05) is 0 Å². The summed E-state index contributed by atoms with van der Waals surface area (Å²) in [5.41, 5.74) is 1.99. The summed E-state index contributed by atoms with van der Waals surface area (Å²) in [6.07, 6.45) is 6.18. The molecule has 0 spiro atoms. The molecule has 0 radical (unpaired) electrons. The van der Waals surface area contributed by atoms with Crippen molar-refractivity contribution in [1.82, 2.24) is 38.8 Å². The normalized spacial score (nSPS) is 21.7. The molecule has 35 heavy (non-hydrogen) atoms. The molecular weight excluding hydrogens is 463 g/mol. The average molecular weight is 483 g/mol. The molecule has 2 saturated heterocycles. The fourth-order valence-electron chi connectivity index (χ4n) is 4.67. The second-order valence-corrected chi connectivity index (χ2v) is 9.05. The molecule has 2 aliphatic rings. The number of hydrogen-bond acceptors (Lipinski definition) is 7. The van der Waals surface area contributed by atoms with Gasteiger partial charge in [-0.15, -0.1) is 0 Å². The van der Waals surface area contributed by atoms with E-state index in [0.29, 0.717) is 22.7 Å². The Kier molecular flexibility index (Phi) is 4.74. The van der Waals surface area contributed by atoms with Gasteiger partial charge in [0.15, 0.2) is 6.23 Å². The van der Waals surface area contributed by atoms with Crippen molar-refractivity contribution >= 4 is 5.65 Å². The Labute approximate surface area is 197 Å². The first-order valence-corrected chi connectivity index (χ1v) is 11.0. The number of fused-ring (bicyclic) bond motifs is 1. The molecule has 0 amide bonds. The number of ether oxygens (including phenoxy) is 1. The predicted octanol–water partition coefficient (Wildman–Crippen LogP) is 2.86. The van der Waals surface area contributed by atoms with E-state index in [0.717, 1.165) is 5.56 Å². The zero-order valence-electron chi connectivity index (χ0n) is 18.6. The highest BCUT2D eigenvalue weighted by Gasteiger charge is 2.48. The molecule has 6 heterocycles. The fourth-order valence-corrected chi connectivity index (χ4v) is 4.67. The molecule has 10 nitrogen and oxygen atoms in total. The molecule has 0 aliphatic carbocycles. The van der Waals surface area contributed by atoms with Crippen molar-refractivity contribution in [1.29, 1.82) is 5.26 Å². The van der Waals surface area contributed by atoms with Crippen LogP contribution in [0.1, 0.15) is 19.6 Å². The first-order valence-electron chi connectivity index (χ1n) is 11.0. The minimum atomic E-state index is -4.29. The molecule has 0 bridgehead atoms. The number of epoxide rings is 1. The molecular formula is C22H20F3N9O. The van der Waals surface area contributed by atoms with E-state index in [1.807, 2.05) is 23.6 Å². The summed E-state index contributed by atoms with van der Waals surface area (Å²) >= 11 is 0. The molecule has 0 aromatic carbocycles. The van der Waals surface area contributed by atoms with Crippen LogP contribution in [0.4, 0.5) is 13.2 Å². The van der Waals surface area contributed by atoms with E-state index in [2.05, 4.69) is 21.3 Å². The summed E-state index contributed by atoms with van der Waals surface area (Å²) in [7, 11) is 0. The van der Waals surface area contributed by atoms with Crippen molar-refractivity contribution in [2.24, 2.45) is 0 Å². The molecule has 2 unspecified atom stereocenters. The van der Waals surface area contributed by atoms with Crippen LogP contribution in [0, 0.1) is 11.3 Å². The molecule has 0 saturated carbocycles. The average Bonchev–Trinajstić information content (AvgIpc) is 3.25. The largest absolute Gasteiger partial charge is 0.401 e. The topological polar surface area (TPSA) is 105 Å². The van der Waals surface area contributed by atoms with Gasteiger partial charge in [-0.05, 0) is 6.92 Å². The number of imidazole rings is 1. The summed E-state index contributed by atoms with van der Waals surface area (Å²) in [5.74, 6) is 0.573. The lowest BCUT2D eigenvalue weighted by Crippen LogP contribution is -2.64. The Bertz CT molecular complexity index is 1440. The van der Waals surface area contributed by atoms with Crippen LogP contribution < -0.4 is 0 Å². The van der Waals surface area contributed by atoms with Gasteiger partial charge in [0.1, 0.15) is 23.1 Å². The van der Waals surface area contributed by atoms with Gasteiger partial charge in [0.25, 0.3) is 0 Å². The third-order valence-corrected chi connectivity index (χ3v) is 6.40. The highest BCUT2D eigenvalue weighted by Crippen LogP contribution is 2.36. The maximum absolute atomic E-state index is 12.8. The second-order valence-electron chi connectivity index (χ2n) is 9.05. The van der Waals surface area contributed by atoms with Gasteiger partial charge >= 0.3 is 6.18 Å². The highest BCUT2D eigenvalue weighted by molar-refractivity contribution is 5.68. The maximum atomic E-state index is 12.8. The number of halogens is 3. The van der Waals surface area contributed by atoms with Crippen LogP contribution in [0.3, 0.4) is 0 Å². The minimum absolute atomic E-state index is 0.0529. The highest BCUT2D eigenvalue weighted by atomic mass is 19.4. The van der Waals surface area contributed by atoms with Gasteiger partial charge in [-0.2, -0.15) is 28.6 Å². The van der Waals surface area contributed by atoms with Crippen molar-refractivity contribution in [3.63, 3.8) is 0 Å². The van der Waals surface area contributed by atoms with E-state index < -0.39 is 18.3 Å². The first-order chi connectivity index (χ1) is 16.7. The number of nitrogens with zero attached hydrogens (tertiary/aromatic N) is 9. The molecule has 4 aromatic rings. The SMILES string of the molecule is CC1OC1n1cc(-c2cc3nccn3c(-c3cnn(C4(CC#N)CN(CC(F)(F)F)C4)c3)n2)cn1. The molecule has 2 fully saturated rings. The van der Waals surface area contributed by atoms with Crippen LogP contribution in [-0.4, -0.2) is 70.7 Å². The third-order valence-electron chi connectivity index (χ3n) is 6.40. The van der Waals surface area contributed by atoms with Gasteiger partial charge in [0.2, 0.25) is 0 Å². The monoisotopic (exact) mass is 483 g/mol. The van der Waals surface area contributed by atoms with E-state index in [1.54, 1.807) is 40.3 Å². The Morgan fingerprint density at radius 3 is 2.69 bits per heavy atom. The predicted molar refractivity (Wildman–Crippen MR) is 116 cm³/mol. The lowest BCUT2D eigenvalue weighted by Gasteiger charge is -2.49. The summed E-state index contributed by atoms with van der Waals surface area (Å²) in [6.45, 7) is 1.15. The maximum Gasteiger partial charge on any atom is 0.401 e. The van der Waals surface area contributed by atoms with Gasteiger partial charge < -0.3 is 4.74 Å². The Hall–Kier alpha value is -3.76. The number of aromatic nitrogens is 7. The lowest BCUT2D eigenvalue weighted by atomic mass is 9.87. The van der Waals surface area contributed by atoms with E-state index >= 15 is 0 Å². The Morgan fingerprint density at radius 2 is 1.97 bits per heavy atom. The molecule has 6 rings (SSSR count). The number of likely N-dealkylation sites (tertiary alicyclic amines) is 1. The quantitative estimate of drug-likeness (QED) is 0.388. The molecule has 13 heteroatoms. The van der Waals surface area contributed by atoms with Gasteiger partial charge in [0, 0.05) is 49.5 Å². The minimum Gasteiger partial charge on any atom is -0.346 e. The van der Waals surface area contributed by atoms with Crippen LogP contribution in [0.5, 0.6) is 0 Å². The number of alkyl halides is 3. The number of rotatable bonds is 6. The van der Waals surface area contributed by atoms with E-state index in [-0.39, 0.29) is 31.8 Å². The summed E-state index contributed by atoms with van der Waals surface area (Å²) < 4.78 is 49.0. The van der Waals surface area contributed by atoms with E-state index in [1.165, 1.54) is 4.90 Å². The summed E-state index contributed by atoms with van der Waals surface area (Å²) in [5, 5.41) is 18.1. The zero-order valence-corrected chi connectivity index (χ0v) is 18.6. The summed E-state index contributed by atoms with van der Waals surface area (Å²) in [6, 6.07) is 3.95. The Balaban J connectivity index is 1.33. The Morgan fingerprint density at radius 1 is 1.20 bits per heavy atom. The van der Waals surface area contributed by atoms with Crippen molar-refractivity contribution in [2.75, 3.05) is 19.6 Å². The van der Waals surface area contributed by atoms with E-state index in [4.69, 9.17) is 9.72 Å². The van der Waals surface area contributed by atoms with Crippen molar-refractivity contribution in [2.45, 2.75) is 37.4 Å². The standard InChI is InChI=1S/C22H20F3N9O/c1-14-20(35-14)33-9-15(7-28-33)17-6-18-27-4-5-32(18)19(30-17)16-8-29-34(10-16)21(2-3-26)11-31(12-21)13-22(23,24)25/h4-10,14,20H,2,11-13H2,1H3. The van der Waals surface area contributed by atoms with Crippen molar-refractivity contribution in [3.05, 3.63) is 43.2 Å². The molecule has 0 N–H and O–H groups in total. The van der Waals surface area contributed by atoms with Crippen LogP contribution in [-0.2, 0) is 10.3 Å². The molecule has 4 aromatic heterocycles. The summed E-state index contributed by atoms with van der Waals surface area (Å²) in [4.78, 5) is 10.5.